The smallest absolute Gasteiger partial charge is 0.314 e. The van der Waals surface area contributed by atoms with Gasteiger partial charge in [-0.3, -0.25) is 4.79 Å². The van der Waals surface area contributed by atoms with Gasteiger partial charge in [0.1, 0.15) is 11.2 Å². The lowest BCUT2D eigenvalue weighted by atomic mass is 9.77. The molecular weight excluding hydrogens is 296 g/mol. The van der Waals surface area contributed by atoms with Gasteiger partial charge in [-0.25, -0.2) is 0 Å². The molecule has 0 aromatic heterocycles. The molecule has 0 bridgehead atoms. The van der Waals surface area contributed by atoms with Crippen molar-refractivity contribution in [2.75, 3.05) is 5.75 Å². The minimum atomic E-state index is -1.02. The van der Waals surface area contributed by atoms with Crippen LogP contribution in [-0.4, -0.2) is 21.9 Å². The summed E-state index contributed by atoms with van der Waals surface area (Å²) in [6.07, 6.45) is 2.10. The van der Waals surface area contributed by atoms with Crippen molar-refractivity contribution in [1.82, 2.24) is 0 Å². The number of carboxylic acid groups (broad SMARTS) is 1. The number of benzene rings is 2. The molecule has 0 aliphatic carbocycles. The van der Waals surface area contributed by atoms with Crippen LogP contribution >= 0.6 is 12.6 Å². The highest BCUT2D eigenvalue weighted by molar-refractivity contribution is 7.80. The van der Waals surface area contributed by atoms with Crippen molar-refractivity contribution < 1.29 is 15.0 Å². The van der Waals surface area contributed by atoms with Crippen LogP contribution in [-0.2, 0) is 16.6 Å². The number of carbonyl (C=O) groups is 1. The zero-order valence-electron chi connectivity index (χ0n) is 12.3. The number of carboxylic acids is 1. The van der Waals surface area contributed by atoms with E-state index in [-0.39, 0.29) is 11.5 Å². The Morgan fingerprint density at radius 2 is 1.68 bits per heavy atom. The molecule has 1 atom stereocenters. The first-order valence-electron chi connectivity index (χ1n) is 7.26. The summed E-state index contributed by atoms with van der Waals surface area (Å²) in [4.78, 5) is 11.9. The number of aryl methyl sites for hydroxylation is 1. The Kier molecular flexibility index (Phi) is 5.50. The van der Waals surface area contributed by atoms with Crippen LogP contribution in [0.4, 0.5) is 0 Å². The Labute approximate surface area is 136 Å². The second kappa shape index (κ2) is 7.36. The number of phenolic OH excluding ortho intramolecular Hbond substituents is 1. The lowest BCUT2D eigenvalue weighted by molar-refractivity contribution is -0.143. The second-order valence-electron chi connectivity index (χ2n) is 5.43. The van der Waals surface area contributed by atoms with Gasteiger partial charge in [0.25, 0.3) is 0 Å². The van der Waals surface area contributed by atoms with Gasteiger partial charge in [0.15, 0.2) is 0 Å². The Bertz CT molecular complexity index is 610. The fourth-order valence-corrected chi connectivity index (χ4v) is 3.11. The Morgan fingerprint density at radius 3 is 2.23 bits per heavy atom. The van der Waals surface area contributed by atoms with E-state index in [4.69, 9.17) is 0 Å². The standard InChI is InChI=1S/C18H20O3S/c19-16-10-8-15(9-11-16)18(13-22,17(20)21)12-4-7-14-5-2-1-3-6-14/h1-3,5-6,8-11,19,22H,4,7,12-13H2,(H,20,21). The normalized spacial score (nSPS) is 13.5. The van der Waals surface area contributed by atoms with Gasteiger partial charge >= 0.3 is 5.97 Å². The zero-order valence-corrected chi connectivity index (χ0v) is 13.2. The molecule has 0 amide bonds. The van der Waals surface area contributed by atoms with Crippen LogP contribution in [0.15, 0.2) is 54.6 Å². The lowest BCUT2D eigenvalue weighted by Crippen LogP contribution is -2.38. The maximum absolute atomic E-state index is 11.9. The lowest BCUT2D eigenvalue weighted by Gasteiger charge is -2.28. The summed E-state index contributed by atoms with van der Waals surface area (Å²) in [7, 11) is 0. The Hall–Kier alpha value is -1.94. The van der Waals surface area contributed by atoms with E-state index < -0.39 is 11.4 Å². The molecule has 0 saturated heterocycles. The highest BCUT2D eigenvalue weighted by Crippen LogP contribution is 2.33. The topological polar surface area (TPSA) is 57.5 Å². The van der Waals surface area contributed by atoms with Gasteiger partial charge in [0.2, 0.25) is 0 Å². The molecule has 0 aliphatic rings. The third-order valence-corrected chi connectivity index (χ3v) is 4.55. The molecule has 0 saturated carbocycles. The molecule has 0 spiro atoms. The first-order chi connectivity index (χ1) is 10.6. The van der Waals surface area contributed by atoms with Crippen LogP contribution in [0.2, 0.25) is 0 Å². The predicted octanol–water partition coefficient (Wildman–Crippen LogP) is 3.67. The number of thiol groups is 1. The van der Waals surface area contributed by atoms with Crippen molar-refractivity contribution in [3.63, 3.8) is 0 Å². The number of rotatable bonds is 7. The molecule has 22 heavy (non-hydrogen) atoms. The van der Waals surface area contributed by atoms with Crippen LogP contribution in [0.3, 0.4) is 0 Å². The molecule has 2 aromatic rings. The summed E-state index contributed by atoms with van der Waals surface area (Å²) in [5, 5.41) is 19.1. The predicted molar refractivity (Wildman–Crippen MR) is 90.7 cm³/mol. The number of hydrogen-bond donors (Lipinski definition) is 3. The van der Waals surface area contributed by atoms with Crippen LogP contribution in [0, 0.1) is 0 Å². The summed E-state index contributed by atoms with van der Waals surface area (Å²) < 4.78 is 0. The van der Waals surface area contributed by atoms with Crippen molar-refractivity contribution in [3.8, 4) is 5.75 Å². The number of aliphatic carboxylic acids is 1. The van der Waals surface area contributed by atoms with Crippen LogP contribution in [0.25, 0.3) is 0 Å². The van der Waals surface area contributed by atoms with E-state index in [1.807, 2.05) is 30.3 Å². The molecule has 1 unspecified atom stereocenters. The molecule has 3 nitrogen and oxygen atoms in total. The molecule has 116 valence electrons. The van der Waals surface area contributed by atoms with Crippen molar-refractivity contribution >= 4 is 18.6 Å². The fourth-order valence-electron chi connectivity index (χ4n) is 2.63. The van der Waals surface area contributed by atoms with Gasteiger partial charge in [0.05, 0.1) is 0 Å². The van der Waals surface area contributed by atoms with Gasteiger partial charge in [-0.15, -0.1) is 0 Å². The molecule has 2 N–H and O–H groups in total. The highest BCUT2D eigenvalue weighted by atomic mass is 32.1. The maximum Gasteiger partial charge on any atom is 0.314 e. The second-order valence-corrected chi connectivity index (χ2v) is 5.75. The summed E-state index contributed by atoms with van der Waals surface area (Å²) in [5.74, 6) is -0.519. The van der Waals surface area contributed by atoms with E-state index in [9.17, 15) is 15.0 Å². The third-order valence-electron chi connectivity index (χ3n) is 4.01. The third kappa shape index (κ3) is 3.63. The van der Waals surface area contributed by atoms with Crippen molar-refractivity contribution in [2.24, 2.45) is 0 Å². The van der Waals surface area contributed by atoms with Gasteiger partial charge < -0.3 is 10.2 Å². The number of phenols is 1. The van der Waals surface area contributed by atoms with Gasteiger partial charge in [-0.05, 0) is 42.5 Å². The van der Waals surface area contributed by atoms with E-state index in [2.05, 4.69) is 12.6 Å². The van der Waals surface area contributed by atoms with E-state index in [0.29, 0.717) is 12.0 Å². The average molecular weight is 316 g/mol. The largest absolute Gasteiger partial charge is 0.508 e. The number of hydrogen-bond acceptors (Lipinski definition) is 3. The Balaban J connectivity index is 2.15. The number of aromatic hydroxyl groups is 1. The van der Waals surface area contributed by atoms with Crippen LogP contribution < -0.4 is 0 Å². The molecule has 0 radical (unpaired) electrons. The summed E-state index contributed by atoms with van der Waals surface area (Å²) >= 11 is 4.29. The van der Waals surface area contributed by atoms with E-state index in [1.165, 1.54) is 17.7 Å². The molecule has 0 heterocycles. The summed E-state index contributed by atoms with van der Waals surface area (Å²) in [6.45, 7) is 0. The summed E-state index contributed by atoms with van der Waals surface area (Å²) in [6, 6.07) is 16.4. The molecule has 0 aliphatic heterocycles. The van der Waals surface area contributed by atoms with E-state index >= 15 is 0 Å². The highest BCUT2D eigenvalue weighted by Gasteiger charge is 2.38. The minimum absolute atomic E-state index is 0.131. The summed E-state index contributed by atoms with van der Waals surface area (Å²) in [5.41, 5.74) is 0.860. The minimum Gasteiger partial charge on any atom is -0.508 e. The Morgan fingerprint density at radius 1 is 1.05 bits per heavy atom. The van der Waals surface area contributed by atoms with Crippen LogP contribution in [0.5, 0.6) is 5.75 Å². The van der Waals surface area contributed by atoms with Gasteiger partial charge in [0, 0.05) is 5.75 Å². The first-order valence-corrected chi connectivity index (χ1v) is 7.89. The molecular formula is C18H20O3S. The quantitative estimate of drug-likeness (QED) is 0.683. The fraction of sp³-hybridized carbons (Fsp3) is 0.278. The zero-order chi connectivity index (χ0) is 16.0. The van der Waals surface area contributed by atoms with Crippen molar-refractivity contribution in [3.05, 3.63) is 65.7 Å². The maximum atomic E-state index is 11.9. The van der Waals surface area contributed by atoms with Crippen LogP contribution in [0.1, 0.15) is 24.0 Å². The van der Waals surface area contributed by atoms with Crippen molar-refractivity contribution in [2.45, 2.75) is 24.7 Å². The molecule has 4 heteroatoms. The van der Waals surface area contributed by atoms with Crippen molar-refractivity contribution in [1.29, 1.82) is 0 Å². The average Bonchev–Trinajstić information content (AvgIpc) is 2.53. The first kappa shape index (κ1) is 16.4. The SMILES string of the molecule is O=C(O)C(CS)(CCCc1ccccc1)c1ccc(O)cc1. The molecule has 2 aromatic carbocycles. The van der Waals surface area contributed by atoms with Gasteiger partial charge in [-0.1, -0.05) is 42.5 Å². The monoisotopic (exact) mass is 316 g/mol. The van der Waals surface area contributed by atoms with Gasteiger partial charge in [-0.2, -0.15) is 12.6 Å². The molecule has 0 fully saturated rings. The van der Waals surface area contributed by atoms with E-state index in [0.717, 1.165) is 12.8 Å². The van der Waals surface area contributed by atoms with E-state index in [1.54, 1.807) is 12.1 Å². The molecule has 2 rings (SSSR count).